The van der Waals surface area contributed by atoms with E-state index in [1.54, 1.807) is 29.3 Å². The summed E-state index contributed by atoms with van der Waals surface area (Å²) in [6.07, 6.45) is 2.71. The lowest BCUT2D eigenvalue weighted by Gasteiger charge is -2.37. The predicted octanol–water partition coefficient (Wildman–Crippen LogP) is 6.28. The fourth-order valence-electron chi connectivity index (χ4n) is 4.66. The molecule has 0 atom stereocenters. The fourth-order valence-corrected chi connectivity index (χ4v) is 5.86. The molecule has 1 amide bonds. The van der Waals surface area contributed by atoms with E-state index in [1.807, 2.05) is 39.0 Å². The monoisotopic (exact) mass is 575 g/mol. The third-order valence-corrected chi connectivity index (χ3v) is 8.06. The Bertz CT molecular complexity index is 1500. The number of rotatable bonds is 7. The number of halogens is 1. The first-order valence-corrected chi connectivity index (χ1v) is 14.5. The molecule has 214 valence electrons. The molecule has 0 aliphatic carbocycles. The van der Waals surface area contributed by atoms with Crippen molar-refractivity contribution in [3.05, 3.63) is 83.2 Å². The maximum Gasteiger partial charge on any atom is 0.410 e. The van der Waals surface area contributed by atoms with Crippen LogP contribution >= 0.6 is 11.3 Å². The van der Waals surface area contributed by atoms with Gasteiger partial charge in [0, 0.05) is 44.2 Å². The third-order valence-electron chi connectivity index (χ3n) is 6.79. The molecule has 2 aromatic carbocycles. The lowest BCUT2D eigenvalue weighted by atomic mass is 9.92. The summed E-state index contributed by atoms with van der Waals surface area (Å²) in [5.74, 6) is 0.0984. The molecule has 0 bridgehead atoms. The van der Waals surface area contributed by atoms with Crippen molar-refractivity contribution in [3.63, 3.8) is 0 Å². The summed E-state index contributed by atoms with van der Waals surface area (Å²) in [5, 5.41) is 15.5. The van der Waals surface area contributed by atoms with Crippen LogP contribution in [0.15, 0.2) is 66.9 Å². The van der Waals surface area contributed by atoms with Gasteiger partial charge in [-0.15, -0.1) is 11.3 Å². The molecule has 2 aromatic heterocycles. The first kappa shape index (κ1) is 28.6. The Kier molecular flexibility index (Phi) is 8.32. The van der Waals surface area contributed by atoms with E-state index in [2.05, 4.69) is 22.4 Å². The van der Waals surface area contributed by atoms with Crippen molar-refractivity contribution in [1.29, 1.82) is 0 Å². The van der Waals surface area contributed by atoms with Gasteiger partial charge in [-0.25, -0.2) is 24.1 Å². The zero-order chi connectivity index (χ0) is 29.0. The minimum atomic E-state index is -1.24. The van der Waals surface area contributed by atoms with Gasteiger partial charge < -0.3 is 20.1 Å². The summed E-state index contributed by atoms with van der Waals surface area (Å²) >= 11 is 1.33. The number of hydrogen-bond acceptors (Lipinski definition) is 8. The number of benzene rings is 2. The van der Waals surface area contributed by atoms with Crippen LogP contribution in [0.1, 0.15) is 44.2 Å². The van der Waals surface area contributed by atoms with E-state index < -0.39 is 17.3 Å². The minimum Gasteiger partial charge on any atom is -0.444 e. The van der Waals surface area contributed by atoms with Crippen LogP contribution < -0.4 is 5.32 Å². The second-order valence-corrected chi connectivity index (χ2v) is 12.1. The largest absolute Gasteiger partial charge is 0.444 e. The fraction of sp³-hybridized carbons (Fsp3) is 0.355. The molecule has 1 fully saturated rings. The molecule has 3 heterocycles. The summed E-state index contributed by atoms with van der Waals surface area (Å²) in [5.41, 5.74) is 1.13. The van der Waals surface area contributed by atoms with Gasteiger partial charge in [0.25, 0.3) is 0 Å². The average molecular weight is 576 g/mol. The topological polar surface area (TPSA) is 100 Å². The summed E-state index contributed by atoms with van der Waals surface area (Å²) in [6, 6.07) is 18.2. The molecular weight excluding hydrogens is 541 g/mol. The molecule has 0 unspecified atom stereocenters. The molecule has 1 aliphatic rings. The highest BCUT2D eigenvalue weighted by Gasteiger charge is 2.40. The van der Waals surface area contributed by atoms with Crippen LogP contribution in [-0.4, -0.2) is 56.3 Å². The van der Waals surface area contributed by atoms with Crippen LogP contribution in [0, 0.1) is 5.82 Å². The average Bonchev–Trinajstić information content (AvgIpc) is 3.40. The van der Waals surface area contributed by atoms with E-state index in [4.69, 9.17) is 14.7 Å². The molecule has 0 saturated carbocycles. The Morgan fingerprint density at radius 2 is 1.85 bits per heavy atom. The van der Waals surface area contributed by atoms with Crippen molar-refractivity contribution in [2.24, 2.45) is 0 Å². The highest BCUT2D eigenvalue weighted by atomic mass is 32.1. The van der Waals surface area contributed by atoms with Crippen LogP contribution in [0.25, 0.3) is 21.8 Å². The molecule has 8 nitrogen and oxygen atoms in total. The van der Waals surface area contributed by atoms with E-state index in [0.717, 1.165) is 6.42 Å². The lowest BCUT2D eigenvalue weighted by molar-refractivity contribution is -0.0356. The van der Waals surface area contributed by atoms with Gasteiger partial charge in [-0.2, -0.15) is 0 Å². The summed E-state index contributed by atoms with van der Waals surface area (Å²) in [4.78, 5) is 28.8. The van der Waals surface area contributed by atoms with Gasteiger partial charge in [0.1, 0.15) is 22.0 Å². The van der Waals surface area contributed by atoms with E-state index in [-0.39, 0.29) is 5.82 Å². The van der Waals surface area contributed by atoms with Gasteiger partial charge in [-0.3, -0.25) is 0 Å². The SMILES string of the molecule is CC(C)(C)OC(=O)N1CCC(O)(c2nc(-c3cccc(F)c3)c(-c3ccnc(NCCc4ccccc4)n3)s2)CC1. The van der Waals surface area contributed by atoms with Gasteiger partial charge in [0.15, 0.2) is 0 Å². The summed E-state index contributed by atoms with van der Waals surface area (Å²) in [7, 11) is 0. The molecule has 10 heteroatoms. The number of aromatic nitrogens is 3. The number of anilines is 1. The summed E-state index contributed by atoms with van der Waals surface area (Å²) in [6.45, 7) is 6.80. The molecule has 5 rings (SSSR count). The Morgan fingerprint density at radius 3 is 2.56 bits per heavy atom. The number of hydrogen-bond donors (Lipinski definition) is 2. The predicted molar refractivity (Wildman–Crippen MR) is 158 cm³/mol. The number of piperidine rings is 1. The highest BCUT2D eigenvalue weighted by Crippen LogP contribution is 2.43. The summed E-state index contributed by atoms with van der Waals surface area (Å²) < 4.78 is 19.7. The van der Waals surface area contributed by atoms with Crippen LogP contribution in [0.4, 0.5) is 15.1 Å². The molecule has 1 saturated heterocycles. The molecule has 41 heavy (non-hydrogen) atoms. The van der Waals surface area contributed by atoms with Crippen molar-refractivity contribution in [2.45, 2.75) is 51.2 Å². The van der Waals surface area contributed by atoms with E-state index in [9.17, 15) is 14.3 Å². The quantitative estimate of drug-likeness (QED) is 0.268. The van der Waals surface area contributed by atoms with E-state index >= 15 is 0 Å². The van der Waals surface area contributed by atoms with Gasteiger partial charge in [0.2, 0.25) is 5.95 Å². The van der Waals surface area contributed by atoms with Crippen LogP contribution in [0.2, 0.25) is 0 Å². The van der Waals surface area contributed by atoms with Gasteiger partial charge in [-0.1, -0.05) is 42.5 Å². The van der Waals surface area contributed by atoms with Gasteiger partial charge in [0.05, 0.1) is 16.3 Å². The number of nitrogens with one attached hydrogen (secondary N) is 1. The Morgan fingerprint density at radius 1 is 1.10 bits per heavy atom. The van der Waals surface area contributed by atoms with Gasteiger partial charge in [-0.05, 0) is 51.0 Å². The van der Waals surface area contributed by atoms with Crippen molar-refractivity contribution in [1.82, 2.24) is 19.9 Å². The Balaban J connectivity index is 1.40. The second-order valence-electron chi connectivity index (χ2n) is 11.1. The Labute approximate surface area is 243 Å². The number of aliphatic hydroxyl groups is 1. The number of carbonyl (C=O) groups is 1. The van der Waals surface area contributed by atoms with E-state index in [1.165, 1.54) is 29.0 Å². The smallest absolute Gasteiger partial charge is 0.410 e. The zero-order valence-electron chi connectivity index (χ0n) is 23.4. The van der Waals surface area contributed by atoms with Crippen molar-refractivity contribution >= 4 is 23.4 Å². The van der Waals surface area contributed by atoms with Crippen molar-refractivity contribution in [2.75, 3.05) is 25.0 Å². The number of nitrogens with zero attached hydrogens (tertiary/aromatic N) is 4. The zero-order valence-corrected chi connectivity index (χ0v) is 24.2. The third kappa shape index (κ3) is 7.07. The number of amides is 1. The number of ether oxygens (including phenoxy) is 1. The second kappa shape index (κ2) is 11.9. The maximum atomic E-state index is 14.2. The lowest BCUT2D eigenvalue weighted by Crippen LogP contribution is -2.46. The molecule has 1 aliphatic heterocycles. The van der Waals surface area contributed by atoms with Gasteiger partial charge >= 0.3 is 6.09 Å². The van der Waals surface area contributed by atoms with Crippen LogP contribution in [-0.2, 0) is 16.8 Å². The number of thiazole rings is 1. The first-order chi connectivity index (χ1) is 19.6. The molecule has 0 radical (unpaired) electrons. The van der Waals surface area contributed by atoms with E-state index in [0.29, 0.717) is 65.3 Å². The molecule has 4 aromatic rings. The molecule has 0 spiro atoms. The van der Waals surface area contributed by atoms with Crippen molar-refractivity contribution < 1.29 is 19.0 Å². The van der Waals surface area contributed by atoms with Crippen molar-refractivity contribution in [3.8, 4) is 21.8 Å². The van der Waals surface area contributed by atoms with Crippen LogP contribution in [0.5, 0.6) is 0 Å². The highest BCUT2D eigenvalue weighted by molar-refractivity contribution is 7.15. The minimum absolute atomic E-state index is 0.303. The molecular formula is C31H34FN5O3S. The standard InChI is InChI=1S/C31H34FN5O3S/c1-30(2,3)40-29(38)37-18-14-31(39,15-19-37)27-36-25(22-10-7-11-23(32)20-22)26(41-27)24-13-17-34-28(35-24)33-16-12-21-8-5-4-6-9-21/h4-11,13,17,20,39H,12,14-16,18-19H2,1-3H3,(H,33,34,35). The number of likely N-dealkylation sites (tertiary alicyclic amines) is 1. The Hall–Kier alpha value is -3.89. The van der Waals surface area contributed by atoms with Crippen LogP contribution in [0.3, 0.4) is 0 Å². The normalized spacial score (nSPS) is 15.0. The molecule has 2 N–H and O–H groups in total. The number of carbonyl (C=O) groups excluding carboxylic acids is 1. The first-order valence-electron chi connectivity index (χ1n) is 13.7. The maximum absolute atomic E-state index is 14.2.